The maximum absolute atomic E-state index is 12.7. The summed E-state index contributed by atoms with van der Waals surface area (Å²) in [4.78, 5) is 17.6. The quantitative estimate of drug-likeness (QED) is 0.635. The monoisotopic (exact) mass is 378 g/mol. The molecular formula is C22H22N2O2S. The van der Waals surface area contributed by atoms with Gasteiger partial charge in [0.1, 0.15) is 11.3 Å². The maximum Gasteiger partial charge on any atom is 0.279 e. The predicted octanol–water partition coefficient (Wildman–Crippen LogP) is 4.38. The number of thiazole rings is 1. The first-order valence-corrected chi connectivity index (χ1v) is 9.46. The minimum atomic E-state index is -0.285. The lowest BCUT2D eigenvalue weighted by Crippen LogP contribution is -2.17. The molecule has 0 saturated carbocycles. The highest BCUT2D eigenvalue weighted by molar-refractivity contribution is 7.16. The van der Waals surface area contributed by atoms with Gasteiger partial charge in [0.2, 0.25) is 0 Å². The molecule has 0 radical (unpaired) electrons. The van der Waals surface area contributed by atoms with E-state index in [1.807, 2.05) is 47.0 Å². The second-order valence-electron chi connectivity index (χ2n) is 7.23. The fourth-order valence-corrected chi connectivity index (χ4v) is 3.90. The molecule has 0 spiro atoms. The highest BCUT2D eigenvalue weighted by atomic mass is 32.1. The number of rotatable bonds is 3. The first-order chi connectivity index (χ1) is 12.8. The number of carbonyl (C=O) groups excluding carboxylic acids is 1. The number of methoxy groups -OCH3 is 1. The van der Waals surface area contributed by atoms with Crippen molar-refractivity contribution in [3.8, 4) is 18.1 Å². The van der Waals surface area contributed by atoms with Crippen LogP contribution >= 0.6 is 11.3 Å². The van der Waals surface area contributed by atoms with Crippen LogP contribution in [0.1, 0.15) is 36.7 Å². The molecule has 0 unspecified atom stereocenters. The van der Waals surface area contributed by atoms with E-state index >= 15 is 0 Å². The topological polar surface area (TPSA) is 43.6 Å². The van der Waals surface area contributed by atoms with E-state index in [4.69, 9.17) is 11.2 Å². The Balaban J connectivity index is 2.09. The van der Waals surface area contributed by atoms with Crippen LogP contribution in [0, 0.1) is 12.3 Å². The van der Waals surface area contributed by atoms with Crippen molar-refractivity contribution in [2.75, 3.05) is 7.11 Å². The molecular weight excluding hydrogens is 356 g/mol. The molecule has 3 rings (SSSR count). The third-order valence-corrected chi connectivity index (χ3v) is 5.37. The third kappa shape index (κ3) is 3.81. The zero-order valence-electron chi connectivity index (χ0n) is 15.9. The van der Waals surface area contributed by atoms with Gasteiger partial charge in [-0.05, 0) is 35.2 Å². The van der Waals surface area contributed by atoms with Crippen molar-refractivity contribution in [2.45, 2.75) is 32.7 Å². The van der Waals surface area contributed by atoms with Crippen molar-refractivity contribution in [3.05, 3.63) is 58.4 Å². The zero-order valence-corrected chi connectivity index (χ0v) is 16.8. The minimum Gasteiger partial charge on any atom is -0.495 e. The first kappa shape index (κ1) is 18.9. The van der Waals surface area contributed by atoms with Crippen molar-refractivity contribution >= 4 is 27.5 Å². The van der Waals surface area contributed by atoms with E-state index in [2.05, 4.69) is 31.7 Å². The molecule has 0 aliphatic heterocycles. The van der Waals surface area contributed by atoms with Crippen molar-refractivity contribution in [1.29, 1.82) is 0 Å². The fourth-order valence-electron chi connectivity index (χ4n) is 2.85. The molecule has 27 heavy (non-hydrogen) atoms. The molecule has 2 aromatic carbocycles. The number of amides is 1. The van der Waals surface area contributed by atoms with Crippen LogP contribution in [-0.4, -0.2) is 17.6 Å². The van der Waals surface area contributed by atoms with E-state index in [0.717, 1.165) is 10.2 Å². The van der Waals surface area contributed by atoms with Crippen LogP contribution < -0.4 is 9.54 Å². The van der Waals surface area contributed by atoms with Gasteiger partial charge in [0.15, 0.2) is 4.80 Å². The molecule has 3 aromatic rings. The van der Waals surface area contributed by atoms with Crippen molar-refractivity contribution < 1.29 is 9.53 Å². The van der Waals surface area contributed by atoms with Crippen LogP contribution in [0.2, 0.25) is 0 Å². The van der Waals surface area contributed by atoms with Gasteiger partial charge in [-0.3, -0.25) is 4.79 Å². The first-order valence-electron chi connectivity index (χ1n) is 8.64. The number of nitrogens with zero attached hydrogens (tertiary/aromatic N) is 2. The van der Waals surface area contributed by atoms with E-state index in [9.17, 15) is 4.79 Å². The summed E-state index contributed by atoms with van der Waals surface area (Å²) in [6.07, 6.45) is 5.54. The van der Waals surface area contributed by atoms with Crippen LogP contribution in [0.15, 0.2) is 47.5 Å². The molecule has 138 valence electrons. The number of hydrogen-bond donors (Lipinski definition) is 0. The third-order valence-electron chi connectivity index (χ3n) is 4.33. The van der Waals surface area contributed by atoms with Gasteiger partial charge in [-0.2, -0.15) is 4.99 Å². The number of hydrogen-bond acceptors (Lipinski definition) is 3. The Morgan fingerprint density at radius 3 is 2.52 bits per heavy atom. The SMILES string of the molecule is C#CCn1c(=NC(=O)c2ccc(C(C)(C)C)cc2)sc2cccc(OC)c21. The number of para-hydroxylation sites is 1. The second-order valence-corrected chi connectivity index (χ2v) is 8.24. The van der Waals surface area contributed by atoms with Gasteiger partial charge in [0.05, 0.1) is 18.4 Å². The summed E-state index contributed by atoms with van der Waals surface area (Å²) in [5.41, 5.74) is 2.63. The van der Waals surface area contributed by atoms with Gasteiger partial charge >= 0.3 is 0 Å². The van der Waals surface area contributed by atoms with Crippen LogP contribution in [-0.2, 0) is 12.0 Å². The lowest BCUT2D eigenvalue weighted by atomic mass is 9.87. The Bertz CT molecular complexity index is 1090. The summed E-state index contributed by atoms with van der Waals surface area (Å²) < 4.78 is 8.27. The maximum atomic E-state index is 12.7. The van der Waals surface area contributed by atoms with Gasteiger partial charge in [-0.1, -0.05) is 56.2 Å². The summed E-state index contributed by atoms with van der Waals surface area (Å²) >= 11 is 1.42. The number of terminal acetylenes is 1. The Morgan fingerprint density at radius 1 is 1.22 bits per heavy atom. The Morgan fingerprint density at radius 2 is 1.93 bits per heavy atom. The average Bonchev–Trinajstić information content (AvgIpc) is 2.98. The average molecular weight is 378 g/mol. The Hall–Kier alpha value is -2.84. The molecule has 5 heteroatoms. The molecule has 1 heterocycles. The standard InChI is InChI=1S/C22H22N2O2S/c1-6-14-24-19-17(26-5)8-7-9-18(19)27-21(24)23-20(25)15-10-12-16(13-11-15)22(2,3)4/h1,7-13H,14H2,2-5H3. The molecule has 0 aliphatic carbocycles. The highest BCUT2D eigenvalue weighted by Crippen LogP contribution is 2.27. The van der Waals surface area contributed by atoms with Gasteiger partial charge in [0, 0.05) is 5.56 Å². The van der Waals surface area contributed by atoms with E-state index < -0.39 is 0 Å². The van der Waals surface area contributed by atoms with Crippen LogP contribution in [0.5, 0.6) is 5.75 Å². The summed E-state index contributed by atoms with van der Waals surface area (Å²) in [6.45, 7) is 6.74. The number of ether oxygens (including phenoxy) is 1. The number of aromatic nitrogens is 1. The van der Waals surface area contributed by atoms with E-state index in [1.54, 1.807) is 7.11 Å². The van der Waals surface area contributed by atoms with Crippen LogP contribution in [0.25, 0.3) is 10.2 Å². The van der Waals surface area contributed by atoms with Crippen molar-refractivity contribution in [1.82, 2.24) is 4.57 Å². The summed E-state index contributed by atoms with van der Waals surface area (Å²) in [5, 5.41) is 0. The summed E-state index contributed by atoms with van der Waals surface area (Å²) in [5.74, 6) is 3.06. The number of carbonyl (C=O) groups is 1. The van der Waals surface area contributed by atoms with Crippen molar-refractivity contribution in [2.24, 2.45) is 4.99 Å². The largest absolute Gasteiger partial charge is 0.495 e. The van der Waals surface area contributed by atoms with E-state index in [1.165, 1.54) is 16.9 Å². The molecule has 0 fully saturated rings. The molecule has 0 N–H and O–H groups in total. The van der Waals surface area contributed by atoms with Gasteiger partial charge in [0.25, 0.3) is 5.91 Å². The Labute approximate surface area is 163 Å². The lowest BCUT2D eigenvalue weighted by Gasteiger charge is -2.18. The summed E-state index contributed by atoms with van der Waals surface area (Å²) in [7, 11) is 1.62. The summed E-state index contributed by atoms with van der Waals surface area (Å²) in [6, 6.07) is 13.4. The predicted molar refractivity (Wildman–Crippen MR) is 110 cm³/mol. The van der Waals surface area contributed by atoms with Gasteiger partial charge in [-0.25, -0.2) is 0 Å². The van der Waals surface area contributed by atoms with Crippen molar-refractivity contribution in [3.63, 3.8) is 0 Å². The molecule has 1 amide bonds. The molecule has 0 atom stereocenters. The van der Waals surface area contributed by atoms with E-state index in [0.29, 0.717) is 22.7 Å². The van der Waals surface area contributed by atoms with Crippen LogP contribution in [0.3, 0.4) is 0 Å². The van der Waals surface area contributed by atoms with Gasteiger partial charge in [-0.15, -0.1) is 6.42 Å². The zero-order chi connectivity index (χ0) is 19.6. The van der Waals surface area contributed by atoms with E-state index in [-0.39, 0.29) is 11.3 Å². The van der Waals surface area contributed by atoms with Crippen LogP contribution in [0.4, 0.5) is 0 Å². The van der Waals surface area contributed by atoms with Gasteiger partial charge < -0.3 is 9.30 Å². The second kappa shape index (κ2) is 7.42. The highest BCUT2D eigenvalue weighted by Gasteiger charge is 2.15. The normalized spacial score (nSPS) is 12.2. The smallest absolute Gasteiger partial charge is 0.279 e. The number of fused-ring (bicyclic) bond motifs is 1. The molecule has 0 saturated heterocycles. The lowest BCUT2D eigenvalue weighted by molar-refractivity contribution is 0.0998. The fraction of sp³-hybridized carbons (Fsp3) is 0.273. The molecule has 0 bridgehead atoms. The molecule has 4 nitrogen and oxygen atoms in total. The Kier molecular flexibility index (Phi) is 5.20. The molecule has 1 aromatic heterocycles. The molecule has 0 aliphatic rings. The minimum absolute atomic E-state index is 0.0383. The number of benzene rings is 2.